The van der Waals surface area contributed by atoms with Gasteiger partial charge in [-0.2, -0.15) is 5.10 Å². The van der Waals surface area contributed by atoms with Crippen LogP contribution in [0.5, 0.6) is 5.75 Å². The number of carbonyl (C=O) groups is 1. The number of rotatable bonds is 2. The summed E-state index contributed by atoms with van der Waals surface area (Å²) in [7, 11) is 0. The fourth-order valence-electron chi connectivity index (χ4n) is 2.02. The molecule has 0 aliphatic heterocycles. The molecule has 0 aliphatic carbocycles. The number of benzene rings is 1. The number of aromatic amines is 1. The third kappa shape index (κ3) is 1.91. The van der Waals surface area contributed by atoms with E-state index in [0.717, 1.165) is 6.07 Å². The van der Waals surface area contributed by atoms with Crippen molar-refractivity contribution in [2.75, 3.05) is 5.73 Å². The van der Waals surface area contributed by atoms with Crippen molar-refractivity contribution in [2.45, 2.75) is 0 Å². The van der Waals surface area contributed by atoms with Crippen LogP contribution in [0.3, 0.4) is 0 Å². The predicted molar refractivity (Wildman–Crippen MR) is 71.7 cm³/mol. The summed E-state index contributed by atoms with van der Waals surface area (Å²) in [6.07, 6.45) is 1.26. The van der Waals surface area contributed by atoms with E-state index in [0.29, 0.717) is 11.0 Å². The fraction of sp³-hybridized carbons (Fsp3) is 0. The van der Waals surface area contributed by atoms with E-state index in [-0.39, 0.29) is 17.1 Å². The minimum absolute atomic E-state index is 0.160. The van der Waals surface area contributed by atoms with Gasteiger partial charge in [0.05, 0.1) is 10.9 Å². The average molecular weight is 288 g/mol. The zero-order chi connectivity index (χ0) is 15.1. The van der Waals surface area contributed by atoms with Gasteiger partial charge in [-0.3, -0.25) is 9.89 Å². The van der Waals surface area contributed by atoms with E-state index in [1.807, 2.05) is 0 Å². The topological polar surface area (TPSA) is 144 Å². The van der Waals surface area contributed by atoms with Crippen LogP contribution in [0.25, 0.3) is 22.3 Å². The highest BCUT2D eigenvalue weighted by Crippen LogP contribution is 2.32. The van der Waals surface area contributed by atoms with Crippen molar-refractivity contribution in [1.82, 2.24) is 20.2 Å². The molecule has 9 heteroatoms. The number of primary amides is 1. The molecular weight excluding hydrogens is 279 g/mol. The molecule has 0 fully saturated rings. The number of amides is 1. The molecule has 0 bridgehead atoms. The smallest absolute Gasteiger partial charge is 0.251 e. The fourth-order valence-corrected chi connectivity index (χ4v) is 2.02. The molecule has 0 unspecified atom stereocenters. The number of nitrogens with two attached hydrogens (primary N) is 2. The largest absolute Gasteiger partial charge is 0.505 e. The van der Waals surface area contributed by atoms with Crippen molar-refractivity contribution in [2.24, 2.45) is 5.73 Å². The van der Waals surface area contributed by atoms with E-state index in [4.69, 9.17) is 11.5 Å². The number of phenols is 1. The van der Waals surface area contributed by atoms with Gasteiger partial charge in [-0.25, -0.2) is 14.4 Å². The standard InChI is InChI=1S/C12H9FN6O2/c13-8-5(11(15)21)1-4(2-6(8)20)9-7-10(14)16-3-17-12(7)19-18-9/h1-3,20H,(H2,15,21)(H3,14,16,17,18,19). The van der Waals surface area contributed by atoms with E-state index in [1.165, 1.54) is 12.4 Å². The van der Waals surface area contributed by atoms with Gasteiger partial charge in [0.2, 0.25) is 0 Å². The van der Waals surface area contributed by atoms with Crippen LogP contribution in [0.4, 0.5) is 10.2 Å². The maximum absolute atomic E-state index is 13.6. The lowest BCUT2D eigenvalue weighted by Gasteiger charge is -2.05. The summed E-state index contributed by atoms with van der Waals surface area (Å²) in [5.41, 5.74) is 11.3. The normalized spacial score (nSPS) is 10.9. The first kappa shape index (κ1) is 12.8. The van der Waals surface area contributed by atoms with Crippen molar-refractivity contribution in [3.8, 4) is 17.0 Å². The zero-order valence-electron chi connectivity index (χ0n) is 10.5. The summed E-state index contributed by atoms with van der Waals surface area (Å²) in [4.78, 5) is 19.0. The number of halogens is 1. The highest BCUT2D eigenvalue weighted by atomic mass is 19.1. The van der Waals surface area contributed by atoms with Gasteiger partial charge in [0, 0.05) is 5.56 Å². The third-order valence-corrected chi connectivity index (χ3v) is 2.98. The number of H-pyrrole nitrogens is 1. The molecule has 3 aromatic rings. The predicted octanol–water partition coefficient (Wildman–Crippen LogP) is 0.546. The Bertz CT molecular complexity index is 876. The Morgan fingerprint density at radius 3 is 2.81 bits per heavy atom. The van der Waals surface area contributed by atoms with E-state index in [9.17, 15) is 14.3 Å². The van der Waals surface area contributed by atoms with E-state index in [1.54, 1.807) is 0 Å². The number of aromatic nitrogens is 4. The molecule has 2 aromatic heterocycles. The zero-order valence-corrected chi connectivity index (χ0v) is 10.5. The number of phenolic OH excluding ortho intramolecular Hbond substituents is 1. The summed E-state index contributed by atoms with van der Waals surface area (Å²) in [6.45, 7) is 0. The number of nitrogen functional groups attached to an aromatic ring is 1. The van der Waals surface area contributed by atoms with Gasteiger partial charge >= 0.3 is 0 Å². The van der Waals surface area contributed by atoms with Crippen molar-refractivity contribution in [1.29, 1.82) is 0 Å². The van der Waals surface area contributed by atoms with Gasteiger partial charge in [-0.1, -0.05) is 0 Å². The summed E-state index contributed by atoms with van der Waals surface area (Å²) in [6, 6.07) is 2.29. The van der Waals surface area contributed by atoms with Crippen LogP contribution in [-0.2, 0) is 0 Å². The van der Waals surface area contributed by atoms with Gasteiger partial charge in [-0.15, -0.1) is 0 Å². The summed E-state index contributed by atoms with van der Waals surface area (Å²) in [5, 5.41) is 16.6. The number of aromatic hydroxyl groups is 1. The van der Waals surface area contributed by atoms with Gasteiger partial charge in [0.15, 0.2) is 17.2 Å². The molecule has 0 saturated carbocycles. The Morgan fingerprint density at radius 2 is 2.10 bits per heavy atom. The average Bonchev–Trinajstić information content (AvgIpc) is 2.86. The van der Waals surface area contributed by atoms with Gasteiger partial charge in [0.1, 0.15) is 17.8 Å². The van der Waals surface area contributed by atoms with Crippen molar-refractivity contribution in [3.63, 3.8) is 0 Å². The van der Waals surface area contributed by atoms with E-state index in [2.05, 4.69) is 20.2 Å². The Hall–Kier alpha value is -3.23. The molecule has 21 heavy (non-hydrogen) atoms. The number of anilines is 1. The summed E-state index contributed by atoms with van der Waals surface area (Å²) in [5.74, 6) is -2.65. The molecule has 2 heterocycles. The first-order valence-corrected chi connectivity index (χ1v) is 5.76. The Balaban J connectivity index is 2.31. The Morgan fingerprint density at radius 1 is 1.33 bits per heavy atom. The lowest BCUT2D eigenvalue weighted by molar-refractivity contribution is 0.0995. The lowest BCUT2D eigenvalue weighted by atomic mass is 10.0. The number of fused-ring (bicyclic) bond motifs is 1. The number of hydrogen-bond donors (Lipinski definition) is 4. The summed E-state index contributed by atoms with van der Waals surface area (Å²) >= 11 is 0. The minimum atomic E-state index is -1.09. The molecule has 1 amide bonds. The highest BCUT2D eigenvalue weighted by Gasteiger charge is 2.19. The Labute approximate surface area is 116 Å². The third-order valence-electron chi connectivity index (χ3n) is 2.98. The van der Waals surface area contributed by atoms with Crippen LogP contribution in [0, 0.1) is 5.82 Å². The monoisotopic (exact) mass is 288 g/mol. The Kier molecular flexibility index (Phi) is 2.68. The van der Waals surface area contributed by atoms with Gasteiger partial charge < -0.3 is 16.6 Å². The molecular formula is C12H9FN6O2. The quantitative estimate of drug-likeness (QED) is 0.542. The van der Waals surface area contributed by atoms with Crippen LogP contribution in [0.15, 0.2) is 18.5 Å². The van der Waals surface area contributed by atoms with Crippen molar-refractivity contribution >= 4 is 22.8 Å². The van der Waals surface area contributed by atoms with Crippen molar-refractivity contribution in [3.05, 3.63) is 29.8 Å². The number of nitrogens with zero attached hydrogens (tertiary/aromatic N) is 3. The SMILES string of the molecule is NC(=O)c1cc(-c2n[nH]c3ncnc(N)c23)cc(O)c1F. The van der Waals surface area contributed by atoms with Crippen molar-refractivity contribution < 1.29 is 14.3 Å². The second-order valence-corrected chi connectivity index (χ2v) is 4.28. The molecule has 3 rings (SSSR count). The van der Waals surface area contributed by atoms with Gasteiger partial charge in [-0.05, 0) is 12.1 Å². The first-order chi connectivity index (χ1) is 9.99. The highest BCUT2D eigenvalue weighted by molar-refractivity contribution is 6.00. The number of nitrogens with one attached hydrogen (secondary N) is 1. The molecule has 0 atom stereocenters. The second kappa shape index (κ2) is 4.40. The van der Waals surface area contributed by atoms with E-state index < -0.39 is 23.0 Å². The van der Waals surface area contributed by atoms with Crippen LogP contribution in [-0.4, -0.2) is 31.2 Å². The molecule has 0 saturated heterocycles. The molecule has 106 valence electrons. The van der Waals surface area contributed by atoms with Crippen LogP contribution in [0.2, 0.25) is 0 Å². The first-order valence-electron chi connectivity index (χ1n) is 5.76. The molecule has 0 spiro atoms. The minimum Gasteiger partial charge on any atom is -0.505 e. The lowest BCUT2D eigenvalue weighted by Crippen LogP contribution is -2.13. The van der Waals surface area contributed by atoms with Crippen LogP contribution < -0.4 is 11.5 Å². The maximum Gasteiger partial charge on any atom is 0.251 e. The van der Waals surface area contributed by atoms with Crippen LogP contribution in [0.1, 0.15) is 10.4 Å². The number of hydrogen-bond acceptors (Lipinski definition) is 6. The van der Waals surface area contributed by atoms with Gasteiger partial charge in [0.25, 0.3) is 5.91 Å². The number of carbonyl (C=O) groups excluding carboxylic acids is 1. The molecule has 0 radical (unpaired) electrons. The molecule has 1 aromatic carbocycles. The van der Waals surface area contributed by atoms with E-state index >= 15 is 0 Å². The maximum atomic E-state index is 13.6. The molecule has 8 nitrogen and oxygen atoms in total. The molecule has 6 N–H and O–H groups in total. The van der Waals surface area contributed by atoms with Crippen LogP contribution >= 0.6 is 0 Å². The molecule has 0 aliphatic rings. The second-order valence-electron chi connectivity index (χ2n) is 4.28. The summed E-state index contributed by atoms with van der Waals surface area (Å²) < 4.78 is 13.6.